The smallest absolute Gasteiger partial charge is 0.275 e. The predicted molar refractivity (Wildman–Crippen MR) is 72.4 cm³/mol. The molecule has 98 valence electrons. The first-order valence-electron chi connectivity index (χ1n) is 6.93. The van der Waals surface area contributed by atoms with Crippen LogP contribution >= 0.6 is 11.3 Å². The molecule has 5 rings (SSSR count). The van der Waals surface area contributed by atoms with E-state index in [2.05, 4.69) is 15.4 Å². The van der Waals surface area contributed by atoms with Gasteiger partial charge in [-0.05, 0) is 42.9 Å². The lowest BCUT2D eigenvalue weighted by molar-refractivity contribution is 0.456. The summed E-state index contributed by atoms with van der Waals surface area (Å²) in [7, 11) is 0. The van der Waals surface area contributed by atoms with Crippen LogP contribution in [-0.2, 0) is 0 Å². The lowest BCUT2D eigenvalue weighted by atomic mass is 10.0. The van der Waals surface area contributed by atoms with Gasteiger partial charge in [-0.25, -0.2) is 4.98 Å². The van der Waals surface area contributed by atoms with E-state index in [0.29, 0.717) is 11.0 Å². The van der Waals surface area contributed by atoms with Gasteiger partial charge in [0.25, 0.3) is 5.56 Å². The number of aromatic nitrogens is 3. The minimum absolute atomic E-state index is 0.106. The normalized spacial score (nSPS) is 38.6. The Morgan fingerprint density at radius 1 is 1.32 bits per heavy atom. The van der Waals surface area contributed by atoms with Gasteiger partial charge in [0.1, 0.15) is 0 Å². The van der Waals surface area contributed by atoms with Crippen molar-refractivity contribution in [2.45, 2.75) is 25.3 Å². The number of hydrogen-bond acceptors (Lipinski definition) is 5. The quantitative estimate of drug-likeness (QED) is 0.904. The molecule has 19 heavy (non-hydrogen) atoms. The van der Waals surface area contributed by atoms with Crippen LogP contribution in [0.2, 0.25) is 0 Å². The molecule has 3 aliphatic carbocycles. The van der Waals surface area contributed by atoms with Crippen LogP contribution in [0.4, 0.5) is 5.13 Å². The minimum atomic E-state index is -0.106. The second-order valence-electron chi connectivity index (χ2n) is 6.04. The Morgan fingerprint density at radius 3 is 2.84 bits per heavy atom. The second kappa shape index (κ2) is 3.36. The van der Waals surface area contributed by atoms with Crippen LogP contribution < -0.4 is 10.9 Å². The lowest BCUT2D eigenvalue weighted by Gasteiger charge is -2.08. The van der Waals surface area contributed by atoms with E-state index in [9.17, 15) is 4.79 Å². The zero-order valence-corrected chi connectivity index (χ0v) is 11.1. The highest BCUT2D eigenvalue weighted by Crippen LogP contribution is 2.66. The summed E-state index contributed by atoms with van der Waals surface area (Å²) < 4.78 is 1.39. The van der Waals surface area contributed by atoms with Crippen molar-refractivity contribution in [2.24, 2.45) is 23.7 Å². The van der Waals surface area contributed by atoms with Crippen molar-refractivity contribution in [3.63, 3.8) is 0 Å². The van der Waals surface area contributed by atoms with Crippen LogP contribution in [0.5, 0.6) is 0 Å². The number of fused-ring (bicyclic) bond motifs is 6. The van der Waals surface area contributed by atoms with Gasteiger partial charge in [-0.3, -0.25) is 4.79 Å². The molecule has 2 heterocycles. The third-order valence-corrected chi connectivity index (χ3v) is 6.05. The average molecular weight is 274 g/mol. The molecule has 5 nitrogen and oxygen atoms in total. The van der Waals surface area contributed by atoms with Crippen LogP contribution in [0, 0.1) is 23.7 Å². The first-order valence-corrected chi connectivity index (χ1v) is 7.74. The Kier molecular flexibility index (Phi) is 1.83. The molecule has 3 aliphatic rings. The molecule has 0 radical (unpaired) electrons. The summed E-state index contributed by atoms with van der Waals surface area (Å²) in [5.74, 6) is 3.64. The maximum absolute atomic E-state index is 11.6. The van der Waals surface area contributed by atoms with Gasteiger partial charge in [-0.2, -0.15) is 4.52 Å². The highest BCUT2D eigenvalue weighted by atomic mass is 32.1. The molecule has 0 aromatic carbocycles. The largest absolute Gasteiger partial charge is 0.357 e. The number of nitrogens with zero attached hydrogens (tertiary/aromatic N) is 3. The van der Waals surface area contributed by atoms with E-state index in [1.54, 1.807) is 6.20 Å². The van der Waals surface area contributed by atoms with E-state index < -0.39 is 0 Å². The van der Waals surface area contributed by atoms with E-state index in [1.165, 1.54) is 41.2 Å². The Balaban J connectivity index is 1.45. The van der Waals surface area contributed by atoms with Gasteiger partial charge in [0.15, 0.2) is 0 Å². The molecule has 4 atom stereocenters. The molecular formula is C13H14N4OS. The van der Waals surface area contributed by atoms with Gasteiger partial charge in [-0.15, -0.1) is 5.10 Å². The van der Waals surface area contributed by atoms with E-state index in [1.807, 2.05) is 0 Å². The molecule has 2 bridgehead atoms. The fourth-order valence-electron chi connectivity index (χ4n) is 4.46. The van der Waals surface area contributed by atoms with Crippen LogP contribution in [0.3, 0.4) is 0 Å². The molecule has 0 aliphatic heterocycles. The zero-order chi connectivity index (χ0) is 12.6. The molecule has 3 fully saturated rings. The fraction of sp³-hybridized carbons (Fsp3) is 0.615. The number of hydrogen-bond donors (Lipinski definition) is 1. The molecule has 2 aromatic rings. The maximum Gasteiger partial charge on any atom is 0.275 e. The summed E-state index contributed by atoms with van der Waals surface area (Å²) in [6, 6.07) is 2.05. The second-order valence-corrected chi connectivity index (χ2v) is 7.00. The molecule has 3 saturated carbocycles. The first kappa shape index (κ1) is 10.4. The predicted octanol–water partition coefficient (Wildman–Crippen LogP) is 1.61. The Bertz CT molecular complexity index is 707. The van der Waals surface area contributed by atoms with Crippen molar-refractivity contribution in [3.8, 4) is 0 Å². The molecule has 4 unspecified atom stereocenters. The molecule has 1 N–H and O–H groups in total. The zero-order valence-electron chi connectivity index (χ0n) is 10.3. The molecule has 0 spiro atoms. The number of anilines is 1. The fourth-order valence-corrected chi connectivity index (χ4v) is 5.28. The van der Waals surface area contributed by atoms with E-state index in [4.69, 9.17) is 0 Å². The molecule has 2 aromatic heterocycles. The summed E-state index contributed by atoms with van der Waals surface area (Å²) >= 11 is 1.47. The Labute approximate surface area is 113 Å². The van der Waals surface area contributed by atoms with Crippen LogP contribution in [0.25, 0.3) is 4.96 Å². The molecular weight excluding hydrogens is 260 g/mol. The van der Waals surface area contributed by atoms with Gasteiger partial charge in [-0.1, -0.05) is 11.3 Å². The average Bonchev–Trinajstić information content (AvgIpc) is 2.81. The third-order valence-electron chi connectivity index (χ3n) is 5.20. The van der Waals surface area contributed by atoms with Crippen molar-refractivity contribution >= 4 is 21.4 Å². The summed E-state index contributed by atoms with van der Waals surface area (Å²) in [6.07, 6.45) is 5.84. The third kappa shape index (κ3) is 1.32. The highest BCUT2D eigenvalue weighted by Gasteiger charge is 2.65. The van der Waals surface area contributed by atoms with Gasteiger partial charge >= 0.3 is 0 Å². The van der Waals surface area contributed by atoms with E-state index in [0.717, 1.165) is 28.8 Å². The van der Waals surface area contributed by atoms with Gasteiger partial charge in [0, 0.05) is 18.3 Å². The lowest BCUT2D eigenvalue weighted by Crippen LogP contribution is -2.15. The standard InChI is InChI=1S/C13H14N4OS/c18-8-3-4-14-13-17(8)16-12(19-13)15-11-9-6-1-2-7(5-6)10(9)11/h3-4,6-7,9-11H,1-2,5H2,(H,15,16). The van der Waals surface area contributed by atoms with Gasteiger partial charge in [0.2, 0.25) is 10.1 Å². The minimum Gasteiger partial charge on any atom is -0.357 e. The van der Waals surface area contributed by atoms with Crippen molar-refractivity contribution in [3.05, 3.63) is 22.6 Å². The van der Waals surface area contributed by atoms with E-state index >= 15 is 0 Å². The van der Waals surface area contributed by atoms with Crippen molar-refractivity contribution in [1.82, 2.24) is 14.6 Å². The monoisotopic (exact) mass is 274 g/mol. The van der Waals surface area contributed by atoms with Crippen LogP contribution in [-0.4, -0.2) is 20.6 Å². The van der Waals surface area contributed by atoms with Crippen LogP contribution in [0.1, 0.15) is 19.3 Å². The van der Waals surface area contributed by atoms with Crippen LogP contribution in [0.15, 0.2) is 17.1 Å². The number of rotatable bonds is 2. The Morgan fingerprint density at radius 2 is 2.11 bits per heavy atom. The van der Waals surface area contributed by atoms with Crippen molar-refractivity contribution in [1.29, 1.82) is 0 Å². The van der Waals surface area contributed by atoms with E-state index in [-0.39, 0.29) is 5.56 Å². The Hall–Kier alpha value is -1.43. The SMILES string of the molecule is O=c1ccnc2sc(NC3C4C5CCC(C5)C34)nn12. The summed E-state index contributed by atoms with van der Waals surface area (Å²) in [5.41, 5.74) is -0.106. The summed E-state index contributed by atoms with van der Waals surface area (Å²) in [6.45, 7) is 0. The summed E-state index contributed by atoms with van der Waals surface area (Å²) in [4.78, 5) is 16.5. The molecule has 0 saturated heterocycles. The molecule has 0 amide bonds. The number of nitrogens with one attached hydrogen (secondary N) is 1. The first-order chi connectivity index (χ1) is 9.31. The van der Waals surface area contributed by atoms with Crippen molar-refractivity contribution in [2.75, 3.05) is 5.32 Å². The molecule has 6 heteroatoms. The maximum atomic E-state index is 11.6. The van der Waals surface area contributed by atoms with Crippen molar-refractivity contribution < 1.29 is 0 Å². The van der Waals surface area contributed by atoms with Gasteiger partial charge < -0.3 is 5.32 Å². The van der Waals surface area contributed by atoms with Gasteiger partial charge in [0.05, 0.1) is 0 Å². The topological polar surface area (TPSA) is 59.3 Å². The highest BCUT2D eigenvalue weighted by molar-refractivity contribution is 7.20. The summed E-state index contributed by atoms with van der Waals surface area (Å²) in [5, 5.41) is 8.72.